The highest BCUT2D eigenvalue weighted by molar-refractivity contribution is 6.03. The Morgan fingerprint density at radius 3 is 2.45 bits per heavy atom. The highest BCUT2D eigenvalue weighted by atomic mass is 35.5. The molecule has 1 aliphatic carbocycles. The molecule has 1 fully saturated rings. The zero-order chi connectivity index (χ0) is 13.6. The van der Waals surface area contributed by atoms with Crippen molar-refractivity contribution < 1.29 is 18.0 Å². The van der Waals surface area contributed by atoms with Gasteiger partial charge in [0.15, 0.2) is 0 Å². The number of alkyl halides is 3. The molecule has 0 atom stereocenters. The number of benzene rings is 1. The molecule has 1 aromatic carbocycles. The van der Waals surface area contributed by atoms with Gasteiger partial charge in [0, 0.05) is 16.9 Å². The maximum absolute atomic E-state index is 12.6. The van der Waals surface area contributed by atoms with Crippen LogP contribution in [0.4, 0.5) is 13.2 Å². The number of fused-ring (bicyclic) bond motifs is 1. The molecule has 0 bridgehead atoms. The Hall–Kier alpha value is -1.62. The van der Waals surface area contributed by atoms with Gasteiger partial charge in [-0.1, -0.05) is 18.2 Å². The van der Waals surface area contributed by atoms with Crippen molar-refractivity contribution in [3.05, 3.63) is 41.6 Å². The van der Waals surface area contributed by atoms with Gasteiger partial charge in [-0.15, -0.1) is 12.4 Å². The molecular formula is C14H11ClF3NO. The highest BCUT2D eigenvalue weighted by Gasteiger charge is 2.42. The summed E-state index contributed by atoms with van der Waals surface area (Å²) >= 11 is 0. The Balaban J connectivity index is 0.00000147. The van der Waals surface area contributed by atoms with Crippen LogP contribution in [-0.2, 0) is 0 Å². The lowest BCUT2D eigenvalue weighted by atomic mass is 10.0. The first-order valence-corrected chi connectivity index (χ1v) is 5.98. The number of aromatic nitrogens is 1. The van der Waals surface area contributed by atoms with Gasteiger partial charge in [0.1, 0.15) is 0 Å². The van der Waals surface area contributed by atoms with Crippen LogP contribution >= 0.6 is 12.4 Å². The molecule has 0 radical (unpaired) electrons. The molecule has 2 aromatic rings. The molecule has 1 heterocycles. The van der Waals surface area contributed by atoms with Crippen LogP contribution in [0.5, 0.6) is 0 Å². The van der Waals surface area contributed by atoms with Crippen molar-refractivity contribution in [3.63, 3.8) is 0 Å². The molecular weight excluding hydrogens is 291 g/mol. The van der Waals surface area contributed by atoms with Gasteiger partial charge in [0.2, 0.25) is 0 Å². The molecule has 106 valence electrons. The summed E-state index contributed by atoms with van der Waals surface area (Å²) < 4.78 is 37.9. The molecule has 2 nitrogen and oxygen atoms in total. The number of pyridine rings is 1. The SMILES string of the molecule is Cl.O=C(c1cc2ccccc2nc1C1CC1)C(F)(F)F. The van der Waals surface area contributed by atoms with Gasteiger partial charge < -0.3 is 0 Å². The normalized spacial score (nSPS) is 14.9. The van der Waals surface area contributed by atoms with E-state index in [1.54, 1.807) is 24.3 Å². The summed E-state index contributed by atoms with van der Waals surface area (Å²) in [4.78, 5) is 15.7. The number of rotatable bonds is 2. The number of carbonyl (C=O) groups is 1. The molecule has 0 saturated heterocycles. The van der Waals surface area contributed by atoms with Gasteiger partial charge in [-0.25, -0.2) is 0 Å². The second-order valence-corrected chi connectivity index (χ2v) is 4.72. The third kappa shape index (κ3) is 2.63. The first kappa shape index (κ1) is 14.8. The Bertz CT molecular complexity index is 665. The van der Waals surface area contributed by atoms with Gasteiger partial charge in [0.25, 0.3) is 5.78 Å². The van der Waals surface area contributed by atoms with E-state index in [0.29, 0.717) is 16.6 Å². The zero-order valence-electron chi connectivity index (χ0n) is 10.3. The van der Waals surface area contributed by atoms with Crippen LogP contribution in [0.1, 0.15) is 34.8 Å². The standard InChI is InChI=1S/C14H10F3NO.ClH/c15-14(16,17)13(19)10-7-9-3-1-2-4-11(9)18-12(10)8-5-6-8;/h1-4,7-8H,5-6H2;1H. The number of halogens is 4. The van der Waals surface area contributed by atoms with E-state index in [1.807, 2.05) is 0 Å². The Morgan fingerprint density at radius 2 is 1.85 bits per heavy atom. The molecule has 1 aromatic heterocycles. The highest BCUT2D eigenvalue weighted by Crippen LogP contribution is 2.42. The zero-order valence-corrected chi connectivity index (χ0v) is 11.1. The number of nitrogens with zero attached hydrogens (tertiary/aromatic N) is 1. The van der Waals surface area contributed by atoms with Crippen LogP contribution in [0, 0.1) is 0 Å². The monoisotopic (exact) mass is 301 g/mol. The molecule has 0 spiro atoms. The largest absolute Gasteiger partial charge is 0.454 e. The average Bonchev–Trinajstić information content (AvgIpc) is 3.19. The summed E-state index contributed by atoms with van der Waals surface area (Å²) in [7, 11) is 0. The predicted octanol–water partition coefficient (Wildman–Crippen LogP) is 4.28. The fourth-order valence-corrected chi connectivity index (χ4v) is 2.13. The lowest BCUT2D eigenvalue weighted by Crippen LogP contribution is -2.24. The second kappa shape index (κ2) is 5.05. The van der Waals surface area contributed by atoms with E-state index < -0.39 is 12.0 Å². The minimum Gasteiger partial charge on any atom is -0.284 e. The van der Waals surface area contributed by atoms with Gasteiger partial charge in [-0.05, 0) is 25.0 Å². The summed E-state index contributed by atoms with van der Waals surface area (Å²) in [6, 6.07) is 8.20. The van der Waals surface area contributed by atoms with Crippen LogP contribution in [0.3, 0.4) is 0 Å². The fourth-order valence-electron chi connectivity index (χ4n) is 2.13. The van der Waals surface area contributed by atoms with Crippen molar-refractivity contribution in [1.82, 2.24) is 4.98 Å². The van der Waals surface area contributed by atoms with E-state index in [1.165, 1.54) is 6.07 Å². The van der Waals surface area contributed by atoms with Crippen LogP contribution in [0.15, 0.2) is 30.3 Å². The molecule has 0 amide bonds. The average molecular weight is 302 g/mol. The van der Waals surface area contributed by atoms with Gasteiger partial charge >= 0.3 is 6.18 Å². The van der Waals surface area contributed by atoms with Crippen LogP contribution in [-0.4, -0.2) is 16.9 Å². The van der Waals surface area contributed by atoms with Gasteiger partial charge in [-0.2, -0.15) is 13.2 Å². The van der Waals surface area contributed by atoms with Crippen LogP contribution < -0.4 is 0 Å². The summed E-state index contributed by atoms with van der Waals surface area (Å²) in [6.45, 7) is 0. The second-order valence-electron chi connectivity index (χ2n) is 4.72. The minimum absolute atomic E-state index is 0. The van der Waals surface area contributed by atoms with Gasteiger partial charge in [0.05, 0.1) is 11.2 Å². The molecule has 3 rings (SSSR count). The molecule has 20 heavy (non-hydrogen) atoms. The summed E-state index contributed by atoms with van der Waals surface area (Å²) in [5.41, 5.74) is 0.623. The summed E-state index contributed by atoms with van der Waals surface area (Å²) in [5.74, 6) is -1.81. The van der Waals surface area contributed by atoms with Crippen molar-refractivity contribution in [2.24, 2.45) is 0 Å². The van der Waals surface area contributed by atoms with E-state index in [0.717, 1.165) is 12.8 Å². The number of carbonyl (C=O) groups excluding carboxylic acids is 1. The Morgan fingerprint density at radius 1 is 1.20 bits per heavy atom. The van der Waals surface area contributed by atoms with Crippen LogP contribution in [0.2, 0.25) is 0 Å². The van der Waals surface area contributed by atoms with Crippen molar-refractivity contribution in [2.75, 3.05) is 0 Å². The topological polar surface area (TPSA) is 30.0 Å². The minimum atomic E-state index is -4.85. The molecule has 1 aliphatic rings. The summed E-state index contributed by atoms with van der Waals surface area (Å²) in [5, 5.41) is 0.555. The smallest absolute Gasteiger partial charge is 0.284 e. The molecule has 0 aliphatic heterocycles. The molecule has 6 heteroatoms. The quantitative estimate of drug-likeness (QED) is 0.775. The van der Waals surface area contributed by atoms with E-state index in [2.05, 4.69) is 4.98 Å². The lowest BCUT2D eigenvalue weighted by Gasteiger charge is -2.11. The number of Topliss-reactive ketones (excluding diaryl/α,β-unsaturated/α-hetero) is 1. The lowest BCUT2D eigenvalue weighted by molar-refractivity contribution is -0.0886. The predicted molar refractivity (Wildman–Crippen MR) is 71.4 cm³/mol. The van der Waals surface area contributed by atoms with E-state index >= 15 is 0 Å². The Kier molecular flexibility index (Phi) is 3.73. The van der Waals surface area contributed by atoms with Crippen molar-refractivity contribution in [3.8, 4) is 0 Å². The number of hydrogen-bond donors (Lipinski definition) is 0. The Labute approximate surface area is 119 Å². The van der Waals surface area contributed by atoms with E-state index in [-0.39, 0.29) is 23.9 Å². The number of hydrogen-bond acceptors (Lipinski definition) is 2. The first-order valence-electron chi connectivity index (χ1n) is 5.98. The van der Waals surface area contributed by atoms with Crippen molar-refractivity contribution >= 4 is 29.1 Å². The van der Waals surface area contributed by atoms with Crippen molar-refractivity contribution in [2.45, 2.75) is 24.9 Å². The maximum Gasteiger partial charge on any atom is 0.454 e. The molecule has 0 N–H and O–H groups in total. The van der Waals surface area contributed by atoms with Crippen molar-refractivity contribution in [1.29, 1.82) is 0 Å². The van der Waals surface area contributed by atoms with E-state index in [4.69, 9.17) is 0 Å². The van der Waals surface area contributed by atoms with Gasteiger partial charge in [-0.3, -0.25) is 9.78 Å². The molecule has 0 unspecified atom stereocenters. The molecule has 1 saturated carbocycles. The number of para-hydroxylation sites is 1. The first-order chi connectivity index (χ1) is 8.97. The maximum atomic E-state index is 12.6. The fraction of sp³-hybridized carbons (Fsp3) is 0.286. The van der Waals surface area contributed by atoms with E-state index in [9.17, 15) is 18.0 Å². The summed E-state index contributed by atoms with van der Waals surface area (Å²) in [6.07, 6.45) is -3.26. The third-order valence-electron chi connectivity index (χ3n) is 3.22. The number of ketones is 1. The van der Waals surface area contributed by atoms with Crippen LogP contribution in [0.25, 0.3) is 10.9 Å². The third-order valence-corrected chi connectivity index (χ3v) is 3.22.